The Morgan fingerprint density at radius 1 is 0.586 bits per heavy atom. The molecule has 0 aromatic heterocycles. The second-order valence-corrected chi connectivity index (χ2v) is 10.6. The van der Waals surface area contributed by atoms with E-state index in [2.05, 4.69) is 0 Å². The lowest BCUT2D eigenvalue weighted by Gasteiger charge is -2.42. The van der Waals surface area contributed by atoms with E-state index in [9.17, 15) is 9.59 Å². The maximum absolute atomic E-state index is 13.8. The predicted molar refractivity (Wildman–Crippen MR) is 111 cm³/mol. The SMILES string of the molecule is O=C1[C@@H]2[C@H](C(=O)N1c1ccccc1)[C@@H](C1CC1)C(C1CC1)=C(C1CC1)[C@H]2C1CC1. The van der Waals surface area contributed by atoms with Gasteiger partial charge in [-0.3, -0.25) is 14.5 Å². The summed E-state index contributed by atoms with van der Waals surface area (Å²) in [5, 5.41) is 0. The minimum absolute atomic E-state index is 0.0843. The number of fused-ring (bicyclic) bond motifs is 1. The molecular formula is C26H29NO2. The van der Waals surface area contributed by atoms with Crippen molar-refractivity contribution >= 4 is 17.5 Å². The number of benzene rings is 1. The Morgan fingerprint density at radius 3 is 1.41 bits per heavy atom. The van der Waals surface area contributed by atoms with Gasteiger partial charge in [0.1, 0.15) is 0 Å². The van der Waals surface area contributed by atoms with Crippen LogP contribution in [0.2, 0.25) is 0 Å². The van der Waals surface area contributed by atoms with Gasteiger partial charge in [0, 0.05) is 0 Å². The summed E-state index contributed by atoms with van der Waals surface area (Å²) in [6, 6.07) is 9.71. The largest absolute Gasteiger partial charge is 0.274 e. The van der Waals surface area contributed by atoms with Crippen molar-refractivity contribution in [1.29, 1.82) is 0 Å². The summed E-state index contributed by atoms with van der Waals surface area (Å²) in [6.07, 6.45) is 10.3. The first-order valence-corrected chi connectivity index (χ1v) is 11.9. The molecule has 3 heteroatoms. The zero-order valence-corrected chi connectivity index (χ0v) is 16.9. The highest BCUT2D eigenvalue weighted by Gasteiger charge is 2.65. The third kappa shape index (κ3) is 2.49. The molecule has 0 N–H and O–H groups in total. The number of para-hydroxylation sites is 1. The average molecular weight is 388 g/mol. The van der Waals surface area contributed by atoms with E-state index in [1.165, 1.54) is 51.4 Å². The van der Waals surface area contributed by atoms with Gasteiger partial charge < -0.3 is 0 Å². The maximum Gasteiger partial charge on any atom is 0.238 e. The molecule has 4 saturated carbocycles. The number of nitrogens with zero attached hydrogens (tertiary/aromatic N) is 1. The molecule has 1 aliphatic heterocycles. The fourth-order valence-electron chi connectivity index (χ4n) is 6.88. The summed E-state index contributed by atoms with van der Waals surface area (Å²) in [6.45, 7) is 0. The molecule has 1 aromatic carbocycles. The van der Waals surface area contributed by atoms with Gasteiger partial charge in [-0.15, -0.1) is 0 Å². The summed E-state index contributed by atoms with van der Waals surface area (Å²) in [4.78, 5) is 29.3. The van der Waals surface area contributed by atoms with Gasteiger partial charge in [0.05, 0.1) is 17.5 Å². The van der Waals surface area contributed by atoms with Crippen molar-refractivity contribution in [2.45, 2.75) is 51.4 Å². The van der Waals surface area contributed by atoms with E-state index in [-0.39, 0.29) is 23.7 Å². The van der Waals surface area contributed by atoms with Gasteiger partial charge in [-0.25, -0.2) is 0 Å². The quantitative estimate of drug-likeness (QED) is 0.528. The molecule has 5 aliphatic carbocycles. The highest BCUT2D eigenvalue weighted by atomic mass is 16.2. The summed E-state index contributed by atoms with van der Waals surface area (Å²) in [5.41, 5.74) is 4.20. The number of carbonyl (C=O) groups is 2. The molecular weight excluding hydrogens is 358 g/mol. The van der Waals surface area contributed by atoms with Crippen molar-refractivity contribution in [1.82, 2.24) is 0 Å². The number of rotatable bonds is 5. The van der Waals surface area contributed by atoms with E-state index in [0.717, 1.165) is 17.5 Å². The Balaban J connectivity index is 1.40. The lowest BCUT2D eigenvalue weighted by Crippen LogP contribution is -2.41. The molecule has 6 aliphatic rings. The molecule has 0 spiro atoms. The molecule has 2 amide bonds. The number of hydrogen-bond acceptors (Lipinski definition) is 2. The highest BCUT2D eigenvalue weighted by Crippen LogP contribution is 2.66. The molecule has 1 saturated heterocycles. The third-order valence-corrected chi connectivity index (χ3v) is 8.53. The summed E-state index contributed by atoms with van der Waals surface area (Å²) < 4.78 is 0. The normalized spacial score (nSPS) is 37.3. The average Bonchev–Trinajstić information content (AvgIpc) is 3.56. The van der Waals surface area contributed by atoms with Crippen LogP contribution in [0, 0.1) is 47.3 Å². The number of amides is 2. The van der Waals surface area contributed by atoms with Crippen molar-refractivity contribution in [2.24, 2.45) is 47.3 Å². The smallest absolute Gasteiger partial charge is 0.238 e. The molecule has 0 unspecified atom stereocenters. The number of imide groups is 1. The van der Waals surface area contributed by atoms with Crippen molar-refractivity contribution in [2.75, 3.05) is 4.90 Å². The molecule has 1 aromatic rings. The fourth-order valence-corrected chi connectivity index (χ4v) is 6.88. The van der Waals surface area contributed by atoms with Crippen LogP contribution in [-0.2, 0) is 9.59 Å². The molecule has 150 valence electrons. The van der Waals surface area contributed by atoms with Crippen molar-refractivity contribution in [3.63, 3.8) is 0 Å². The maximum atomic E-state index is 13.8. The van der Waals surface area contributed by atoms with E-state index in [4.69, 9.17) is 0 Å². The Kier molecular flexibility index (Phi) is 3.39. The van der Waals surface area contributed by atoms with Crippen molar-refractivity contribution < 1.29 is 9.59 Å². The molecule has 0 bridgehead atoms. The van der Waals surface area contributed by atoms with E-state index >= 15 is 0 Å². The van der Waals surface area contributed by atoms with Crippen LogP contribution in [0.5, 0.6) is 0 Å². The first kappa shape index (κ1) is 16.8. The van der Waals surface area contributed by atoms with Gasteiger partial charge in [0.15, 0.2) is 0 Å². The lowest BCUT2D eigenvalue weighted by atomic mass is 9.60. The van der Waals surface area contributed by atoms with Crippen LogP contribution < -0.4 is 4.90 Å². The van der Waals surface area contributed by atoms with E-state index in [1.807, 2.05) is 30.3 Å². The Morgan fingerprint density at radius 2 is 1.03 bits per heavy atom. The van der Waals surface area contributed by atoms with E-state index < -0.39 is 0 Å². The minimum atomic E-state index is -0.0843. The Labute approximate surface area is 172 Å². The molecule has 3 nitrogen and oxygen atoms in total. The fraction of sp³-hybridized carbons (Fsp3) is 0.615. The molecule has 4 atom stereocenters. The second kappa shape index (κ2) is 5.83. The summed E-state index contributed by atoms with van der Waals surface area (Å²) in [7, 11) is 0. The first-order valence-electron chi connectivity index (χ1n) is 11.9. The summed E-state index contributed by atoms with van der Waals surface area (Å²) >= 11 is 0. The van der Waals surface area contributed by atoms with Crippen LogP contribution in [0.3, 0.4) is 0 Å². The molecule has 0 radical (unpaired) electrons. The van der Waals surface area contributed by atoms with Crippen LogP contribution in [0.1, 0.15) is 51.4 Å². The van der Waals surface area contributed by atoms with E-state index in [1.54, 1.807) is 16.0 Å². The van der Waals surface area contributed by atoms with Gasteiger partial charge in [-0.05, 0) is 99.0 Å². The van der Waals surface area contributed by atoms with Crippen LogP contribution >= 0.6 is 0 Å². The number of hydrogen-bond donors (Lipinski definition) is 0. The summed E-state index contributed by atoms with van der Waals surface area (Å²) in [5.74, 6) is 3.55. The lowest BCUT2D eigenvalue weighted by molar-refractivity contribution is -0.123. The van der Waals surface area contributed by atoms with Gasteiger partial charge >= 0.3 is 0 Å². The van der Waals surface area contributed by atoms with Gasteiger partial charge in [0.2, 0.25) is 11.8 Å². The third-order valence-electron chi connectivity index (χ3n) is 8.53. The molecule has 1 heterocycles. The Bertz CT molecular complexity index is 861. The standard InChI is InChI=1S/C26H29NO2/c28-25-23-21(16-10-11-16)19(14-6-7-14)20(15-8-9-15)22(17-12-13-17)24(23)26(29)27(25)18-4-2-1-3-5-18/h1-5,14-17,21-24H,6-13H2/t21-,22+,23+,24-. The zero-order valence-electron chi connectivity index (χ0n) is 16.9. The predicted octanol–water partition coefficient (Wildman–Crippen LogP) is 4.97. The van der Waals surface area contributed by atoms with E-state index in [0.29, 0.717) is 23.7 Å². The topological polar surface area (TPSA) is 37.4 Å². The second-order valence-electron chi connectivity index (χ2n) is 10.6. The Hall–Kier alpha value is -1.90. The first-order chi connectivity index (χ1) is 14.2. The monoisotopic (exact) mass is 387 g/mol. The van der Waals surface area contributed by atoms with Crippen molar-refractivity contribution in [3.8, 4) is 0 Å². The number of allylic oxidation sites excluding steroid dienone is 2. The van der Waals surface area contributed by atoms with Crippen molar-refractivity contribution in [3.05, 3.63) is 41.5 Å². The minimum Gasteiger partial charge on any atom is -0.274 e. The zero-order chi connectivity index (χ0) is 19.3. The molecule has 29 heavy (non-hydrogen) atoms. The van der Waals surface area contributed by atoms with Crippen LogP contribution in [0.25, 0.3) is 0 Å². The van der Waals surface area contributed by atoms with Gasteiger partial charge in [-0.2, -0.15) is 0 Å². The van der Waals surface area contributed by atoms with Crippen LogP contribution in [0.15, 0.2) is 41.5 Å². The molecule has 5 fully saturated rings. The number of anilines is 1. The number of carbonyl (C=O) groups excluding carboxylic acids is 2. The van der Waals surface area contributed by atoms with Crippen LogP contribution in [0.4, 0.5) is 5.69 Å². The van der Waals surface area contributed by atoms with Crippen LogP contribution in [-0.4, -0.2) is 11.8 Å². The molecule has 7 rings (SSSR count). The van der Waals surface area contributed by atoms with Gasteiger partial charge in [-0.1, -0.05) is 29.3 Å². The van der Waals surface area contributed by atoms with Gasteiger partial charge in [0.25, 0.3) is 0 Å². The highest BCUT2D eigenvalue weighted by molar-refractivity contribution is 6.22.